The maximum Gasteiger partial charge on any atom is 0.0423 e. The van der Waals surface area contributed by atoms with Gasteiger partial charge in [-0.3, -0.25) is 0 Å². The van der Waals surface area contributed by atoms with Crippen molar-refractivity contribution in [1.82, 2.24) is 0 Å². The smallest absolute Gasteiger partial charge is 0.0423 e. The molecule has 0 saturated carbocycles. The van der Waals surface area contributed by atoms with Crippen molar-refractivity contribution in [3.05, 3.63) is 33.8 Å². The van der Waals surface area contributed by atoms with Gasteiger partial charge in [-0.1, -0.05) is 36.5 Å². The van der Waals surface area contributed by atoms with Gasteiger partial charge in [0.2, 0.25) is 0 Å². The van der Waals surface area contributed by atoms with Crippen molar-refractivity contribution in [1.29, 1.82) is 0 Å². The predicted molar refractivity (Wildman–Crippen MR) is 67.8 cm³/mol. The van der Waals surface area contributed by atoms with Crippen molar-refractivity contribution in [2.75, 3.05) is 0 Å². The van der Waals surface area contributed by atoms with Crippen LogP contribution in [0.1, 0.15) is 25.3 Å². The summed E-state index contributed by atoms with van der Waals surface area (Å²) in [6.45, 7) is 2.16. The Kier molecular flexibility index (Phi) is 5.14. The molecular weight excluding hydrogens is 235 g/mol. The first-order valence-corrected chi connectivity index (χ1v) is 6.02. The van der Waals surface area contributed by atoms with Crippen LogP contribution in [0.15, 0.2) is 18.2 Å². The Labute approximate surface area is 101 Å². The molecule has 0 aliphatic carbocycles. The topological polar surface area (TPSA) is 0 Å². The fourth-order valence-corrected chi connectivity index (χ4v) is 2.48. The first-order valence-electron chi connectivity index (χ1n) is 4.75. The summed E-state index contributed by atoms with van der Waals surface area (Å²) in [6.07, 6.45) is 3.20. The van der Waals surface area contributed by atoms with Crippen LogP contribution >= 0.6 is 35.8 Å². The van der Waals surface area contributed by atoms with Crippen molar-refractivity contribution in [3.63, 3.8) is 0 Å². The van der Waals surface area contributed by atoms with Crippen LogP contribution < -0.4 is 0 Å². The third-order valence-corrected chi connectivity index (χ3v) is 2.89. The Morgan fingerprint density at radius 3 is 2.29 bits per heavy atom. The highest BCUT2D eigenvalue weighted by molar-refractivity contribution is 7.80. The lowest BCUT2D eigenvalue weighted by atomic mass is 10.1. The summed E-state index contributed by atoms with van der Waals surface area (Å²) < 4.78 is 0. The van der Waals surface area contributed by atoms with E-state index in [0.29, 0.717) is 15.3 Å². The number of hydrogen-bond donors (Lipinski definition) is 1. The average molecular weight is 249 g/mol. The lowest BCUT2D eigenvalue weighted by Gasteiger charge is -2.09. The van der Waals surface area contributed by atoms with E-state index < -0.39 is 0 Å². The van der Waals surface area contributed by atoms with E-state index in [1.807, 2.05) is 12.1 Å². The van der Waals surface area contributed by atoms with Gasteiger partial charge in [0.1, 0.15) is 0 Å². The van der Waals surface area contributed by atoms with Crippen LogP contribution in [0, 0.1) is 0 Å². The Hall–Kier alpha value is 0.150. The molecular formula is C11H14Cl2S. The minimum Gasteiger partial charge on any atom is -0.176 e. The second-order valence-corrected chi connectivity index (χ2v) is 5.03. The highest BCUT2D eigenvalue weighted by Crippen LogP contribution is 2.21. The van der Waals surface area contributed by atoms with Gasteiger partial charge in [0.05, 0.1) is 0 Å². The molecule has 0 aliphatic heterocycles. The molecule has 78 valence electrons. The maximum atomic E-state index is 5.90. The lowest BCUT2D eigenvalue weighted by molar-refractivity contribution is 0.739. The molecule has 1 unspecified atom stereocenters. The number of benzene rings is 1. The maximum absolute atomic E-state index is 5.90. The van der Waals surface area contributed by atoms with E-state index in [1.165, 1.54) is 0 Å². The summed E-state index contributed by atoms with van der Waals surface area (Å²) in [5, 5.41) is 1.79. The molecule has 1 aromatic rings. The van der Waals surface area contributed by atoms with Crippen molar-refractivity contribution in [2.24, 2.45) is 0 Å². The largest absolute Gasteiger partial charge is 0.176 e. The molecule has 0 saturated heterocycles. The predicted octanol–water partition coefficient (Wildman–Crippen LogP) is 4.63. The molecule has 14 heavy (non-hydrogen) atoms. The molecule has 1 atom stereocenters. The normalized spacial score (nSPS) is 12.9. The van der Waals surface area contributed by atoms with Crippen LogP contribution in [0.5, 0.6) is 0 Å². The van der Waals surface area contributed by atoms with Crippen molar-refractivity contribution < 1.29 is 0 Å². The Morgan fingerprint density at radius 2 is 1.79 bits per heavy atom. The molecule has 1 aromatic carbocycles. The fraction of sp³-hybridized carbons (Fsp3) is 0.455. The first-order chi connectivity index (χ1) is 6.61. The van der Waals surface area contributed by atoms with Crippen molar-refractivity contribution in [3.8, 4) is 0 Å². The van der Waals surface area contributed by atoms with Gasteiger partial charge in [0, 0.05) is 15.3 Å². The molecule has 0 heterocycles. The van der Waals surface area contributed by atoms with Crippen LogP contribution in [0.2, 0.25) is 10.0 Å². The van der Waals surface area contributed by atoms with Gasteiger partial charge in [0.15, 0.2) is 0 Å². The summed E-state index contributed by atoms with van der Waals surface area (Å²) in [7, 11) is 0. The van der Waals surface area contributed by atoms with Crippen LogP contribution in [-0.2, 0) is 6.42 Å². The molecule has 0 radical (unpaired) electrons. The second kappa shape index (κ2) is 5.89. The van der Waals surface area contributed by atoms with E-state index in [2.05, 4.69) is 19.6 Å². The highest BCUT2D eigenvalue weighted by atomic mass is 35.5. The van der Waals surface area contributed by atoms with Gasteiger partial charge in [0.25, 0.3) is 0 Å². The Balaban J connectivity index is 2.66. The Bertz CT molecular complexity index is 279. The monoisotopic (exact) mass is 248 g/mol. The average Bonchev–Trinajstić information content (AvgIpc) is 2.01. The van der Waals surface area contributed by atoms with E-state index in [9.17, 15) is 0 Å². The molecule has 1 rings (SSSR count). The first kappa shape index (κ1) is 12.2. The van der Waals surface area contributed by atoms with E-state index in [1.54, 1.807) is 6.07 Å². The van der Waals surface area contributed by atoms with E-state index >= 15 is 0 Å². The molecule has 0 N–H and O–H groups in total. The quantitative estimate of drug-likeness (QED) is 0.738. The molecule has 0 aliphatic rings. The molecule has 0 spiro atoms. The van der Waals surface area contributed by atoms with Gasteiger partial charge < -0.3 is 0 Å². The van der Waals surface area contributed by atoms with Gasteiger partial charge >= 0.3 is 0 Å². The number of thiol groups is 1. The standard InChI is InChI=1S/C11H14Cl2S/c1-2-3-11(14)6-8-4-9(12)7-10(13)5-8/h4-5,7,11,14H,2-3,6H2,1H3. The summed E-state index contributed by atoms with van der Waals surface area (Å²) in [6, 6.07) is 5.65. The van der Waals surface area contributed by atoms with Crippen LogP contribution in [0.4, 0.5) is 0 Å². The van der Waals surface area contributed by atoms with Crippen LogP contribution in [-0.4, -0.2) is 5.25 Å². The molecule has 0 nitrogen and oxygen atoms in total. The zero-order valence-electron chi connectivity index (χ0n) is 8.13. The van der Waals surface area contributed by atoms with E-state index in [4.69, 9.17) is 23.2 Å². The van der Waals surface area contributed by atoms with Gasteiger partial charge in [-0.15, -0.1) is 0 Å². The molecule has 0 amide bonds. The van der Waals surface area contributed by atoms with E-state index in [0.717, 1.165) is 24.8 Å². The summed E-state index contributed by atoms with van der Waals surface area (Å²) in [5.41, 5.74) is 1.16. The van der Waals surface area contributed by atoms with Crippen molar-refractivity contribution in [2.45, 2.75) is 31.4 Å². The SMILES string of the molecule is CCCC(S)Cc1cc(Cl)cc(Cl)c1. The molecule has 0 bridgehead atoms. The van der Waals surface area contributed by atoms with E-state index in [-0.39, 0.29) is 0 Å². The van der Waals surface area contributed by atoms with Gasteiger partial charge in [-0.2, -0.15) is 12.6 Å². The third-order valence-electron chi connectivity index (χ3n) is 2.02. The molecule has 3 heteroatoms. The summed E-state index contributed by atoms with van der Waals surface area (Å²) >= 11 is 16.3. The zero-order chi connectivity index (χ0) is 10.6. The van der Waals surface area contributed by atoms with Crippen molar-refractivity contribution >= 4 is 35.8 Å². The summed E-state index contributed by atoms with van der Waals surface area (Å²) in [5.74, 6) is 0. The third kappa shape index (κ3) is 4.12. The number of hydrogen-bond acceptors (Lipinski definition) is 1. The molecule has 0 aromatic heterocycles. The molecule has 0 fully saturated rings. The van der Waals surface area contributed by atoms with Crippen LogP contribution in [0.3, 0.4) is 0 Å². The minimum absolute atomic E-state index is 0.398. The second-order valence-electron chi connectivity index (χ2n) is 3.42. The minimum atomic E-state index is 0.398. The fourth-order valence-electron chi connectivity index (χ4n) is 1.44. The summed E-state index contributed by atoms with van der Waals surface area (Å²) in [4.78, 5) is 0. The number of rotatable bonds is 4. The Morgan fingerprint density at radius 1 is 1.21 bits per heavy atom. The van der Waals surface area contributed by atoms with Gasteiger partial charge in [-0.05, 0) is 36.6 Å². The van der Waals surface area contributed by atoms with Gasteiger partial charge in [-0.25, -0.2) is 0 Å². The number of halogens is 2. The highest BCUT2D eigenvalue weighted by Gasteiger charge is 2.05. The lowest BCUT2D eigenvalue weighted by Crippen LogP contribution is -2.02. The zero-order valence-corrected chi connectivity index (χ0v) is 10.5. The van der Waals surface area contributed by atoms with Crippen LogP contribution in [0.25, 0.3) is 0 Å².